The number of carboxylic acids is 1. The van der Waals surface area contributed by atoms with Crippen molar-refractivity contribution in [1.29, 1.82) is 0 Å². The molecule has 92 valence electrons. The van der Waals surface area contributed by atoms with E-state index in [0.717, 1.165) is 5.56 Å². The maximum absolute atomic E-state index is 11.0. The fourth-order valence-electron chi connectivity index (χ4n) is 1.46. The predicted octanol–water partition coefficient (Wildman–Crippen LogP) is 3.01. The summed E-state index contributed by atoms with van der Waals surface area (Å²) in [5.74, 6) is -1.00. The van der Waals surface area contributed by atoms with Gasteiger partial charge in [-0.05, 0) is 11.6 Å². The van der Waals surface area contributed by atoms with Gasteiger partial charge in [0.2, 0.25) is 0 Å². The highest BCUT2D eigenvalue weighted by molar-refractivity contribution is 6.31. The van der Waals surface area contributed by atoms with Gasteiger partial charge in [0.1, 0.15) is 12.2 Å². The van der Waals surface area contributed by atoms with E-state index in [1.54, 1.807) is 0 Å². The largest absolute Gasteiger partial charge is 0.485 e. The lowest BCUT2D eigenvalue weighted by molar-refractivity contribution is 0.0691. The van der Waals surface area contributed by atoms with E-state index in [1.807, 2.05) is 30.3 Å². The number of aromatic nitrogens is 1. The molecule has 5 heteroatoms. The van der Waals surface area contributed by atoms with Crippen LogP contribution in [0.15, 0.2) is 42.6 Å². The number of benzene rings is 1. The van der Waals surface area contributed by atoms with Gasteiger partial charge in [-0.1, -0.05) is 41.9 Å². The number of hydrogen-bond donors (Lipinski definition) is 1. The summed E-state index contributed by atoms with van der Waals surface area (Å²) in [5.41, 5.74) is 0.930. The summed E-state index contributed by atoms with van der Waals surface area (Å²) in [6.45, 7) is 0.243. The van der Waals surface area contributed by atoms with Crippen LogP contribution < -0.4 is 4.74 Å². The van der Waals surface area contributed by atoms with E-state index in [9.17, 15) is 4.79 Å². The van der Waals surface area contributed by atoms with E-state index in [4.69, 9.17) is 21.4 Å². The van der Waals surface area contributed by atoms with Gasteiger partial charge in [0.05, 0.1) is 0 Å². The molecule has 0 saturated carbocycles. The van der Waals surface area contributed by atoms with Crippen LogP contribution in [0.5, 0.6) is 5.75 Å². The molecule has 1 N–H and O–H groups in total. The van der Waals surface area contributed by atoms with Crippen molar-refractivity contribution in [2.75, 3.05) is 0 Å². The van der Waals surface area contributed by atoms with Crippen molar-refractivity contribution >= 4 is 17.6 Å². The average molecular weight is 264 g/mol. The summed E-state index contributed by atoms with van der Waals surface area (Å²) in [4.78, 5) is 14.8. The van der Waals surface area contributed by atoms with Gasteiger partial charge < -0.3 is 9.84 Å². The molecule has 2 rings (SSSR count). The Kier molecular flexibility index (Phi) is 3.79. The fraction of sp³-hybridized carbons (Fsp3) is 0.0769. The molecule has 18 heavy (non-hydrogen) atoms. The number of carboxylic acid groups (broad SMARTS) is 1. The highest BCUT2D eigenvalue weighted by Crippen LogP contribution is 2.27. The minimum atomic E-state index is -1.10. The molecule has 0 fully saturated rings. The second-order valence-corrected chi connectivity index (χ2v) is 3.92. The standard InChI is InChI=1S/C13H10ClNO3/c14-12-11(10(13(16)17)6-7-15-12)18-8-9-4-2-1-3-5-9/h1-7H,8H2,(H,16,17). The van der Waals surface area contributed by atoms with E-state index in [-0.39, 0.29) is 23.1 Å². The summed E-state index contributed by atoms with van der Waals surface area (Å²) < 4.78 is 5.44. The molecule has 1 aromatic carbocycles. The molecule has 0 unspecified atom stereocenters. The van der Waals surface area contributed by atoms with Crippen LogP contribution in [0.2, 0.25) is 5.15 Å². The third-order valence-electron chi connectivity index (χ3n) is 2.32. The zero-order valence-corrected chi connectivity index (χ0v) is 10.1. The SMILES string of the molecule is O=C(O)c1ccnc(Cl)c1OCc1ccccc1. The summed E-state index contributed by atoms with van der Waals surface area (Å²) in [5, 5.41) is 9.07. The summed E-state index contributed by atoms with van der Waals surface area (Å²) in [6.07, 6.45) is 1.33. The molecular formula is C13H10ClNO3. The molecule has 0 amide bonds. The van der Waals surface area contributed by atoms with Gasteiger partial charge in [-0.25, -0.2) is 9.78 Å². The maximum Gasteiger partial charge on any atom is 0.339 e. The Morgan fingerprint density at radius 2 is 2.00 bits per heavy atom. The zero-order valence-electron chi connectivity index (χ0n) is 9.34. The first kappa shape index (κ1) is 12.4. The smallest absolute Gasteiger partial charge is 0.339 e. The van der Waals surface area contributed by atoms with Crippen LogP contribution in [0.3, 0.4) is 0 Å². The molecule has 0 spiro atoms. The topological polar surface area (TPSA) is 59.4 Å². The van der Waals surface area contributed by atoms with Crippen LogP contribution in [0, 0.1) is 0 Å². The lowest BCUT2D eigenvalue weighted by Gasteiger charge is -2.09. The number of carbonyl (C=O) groups is 1. The molecule has 0 atom stereocenters. The number of nitrogens with zero attached hydrogens (tertiary/aromatic N) is 1. The third kappa shape index (κ3) is 2.78. The molecular weight excluding hydrogens is 254 g/mol. The Morgan fingerprint density at radius 3 is 2.67 bits per heavy atom. The van der Waals surface area contributed by atoms with Crippen LogP contribution in [0.25, 0.3) is 0 Å². The van der Waals surface area contributed by atoms with Gasteiger partial charge in [0.15, 0.2) is 10.9 Å². The summed E-state index contributed by atoms with van der Waals surface area (Å²) in [6, 6.07) is 10.8. The Morgan fingerprint density at radius 1 is 1.28 bits per heavy atom. The van der Waals surface area contributed by atoms with E-state index in [0.29, 0.717) is 0 Å². The van der Waals surface area contributed by atoms with Crippen LogP contribution in [0.4, 0.5) is 0 Å². The molecule has 2 aromatic rings. The van der Waals surface area contributed by atoms with E-state index in [1.165, 1.54) is 12.3 Å². The highest BCUT2D eigenvalue weighted by atomic mass is 35.5. The van der Waals surface area contributed by atoms with Crippen LogP contribution in [-0.2, 0) is 6.61 Å². The van der Waals surface area contributed by atoms with Gasteiger partial charge in [-0.2, -0.15) is 0 Å². The van der Waals surface area contributed by atoms with Crippen LogP contribution >= 0.6 is 11.6 Å². The minimum Gasteiger partial charge on any atom is -0.485 e. The Labute approximate surface area is 109 Å². The molecule has 1 aromatic heterocycles. The lowest BCUT2D eigenvalue weighted by atomic mass is 10.2. The number of hydrogen-bond acceptors (Lipinski definition) is 3. The van der Waals surface area contributed by atoms with Crippen molar-refractivity contribution < 1.29 is 14.6 Å². The number of pyridine rings is 1. The molecule has 4 nitrogen and oxygen atoms in total. The maximum atomic E-state index is 11.0. The first-order chi connectivity index (χ1) is 8.68. The second kappa shape index (κ2) is 5.51. The van der Waals surface area contributed by atoms with E-state index < -0.39 is 5.97 Å². The van der Waals surface area contributed by atoms with Gasteiger partial charge >= 0.3 is 5.97 Å². The van der Waals surface area contributed by atoms with Gasteiger partial charge in [0, 0.05) is 6.20 Å². The first-order valence-corrected chi connectivity index (χ1v) is 5.61. The predicted molar refractivity (Wildman–Crippen MR) is 67.0 cm³/mol. The van der Waals surface area contributed by atoms with E-state index in [2.05, 4.69) is 4.98 Å². The van der Waals surface area contributed by atoms with Gasteiger partial charge in [-0.15, -0.1) is 0 Å². The second-order valence-electron chi connectivity index (χ2n) is 3.56. The molecule has 0 bridgehead atoms. The van der Waals surface area contributed by atoms with Gasteiger partial charge in [-0.3, -0.25) is 0 Å². The van der Waals surface area contributed by atoms with Crippen molar-refractivity contribution in [3.05, 3.63) is 58.9 Å². The van der Waals surface area contributed by atoms with Crippen molar-refractivity contribution in [1.82, 2.24) is 4.98 Å². The van der Waals surface area contributed by atoms with Gasteiger partial charge in [0.25, 0.3) is 0 Å². The van der Waals surface area contributed by atoms with Crippen molar-refractivity contribution in [3.8, 4) is 5.75 Å². The summed E-state index contributed by atoms with van der Waals surface area (Å²) >= 11 is 5.84. The number of rotatable bonds is 4. The molecule has 1 heterocycles. The average Bonchev–Trinajstić information content (AvgIpc) is 2.38. The Bertz CT molecular complexity index is 557. The third-order valence-corrected chi connectivity index (χ3v) is 2.59. The number of ether oxygens (including phenoxy) is 1. The van der Waals surface area contributed by atoms with Crippen LogP contribution in [0.1, 0.15) is 15.9 Å². The monoisotopic (exact) mass is 263 g/mol. The first-order valence-electron chi connectivity index (χ1n) is 5.23. The van der Waals surface area contributed by atoms with Crippen molar-refractivity contribution in [3.63, 3.8) is 0 Å². The fourth-order valence-corrected chi connectivity index (χ4v) is 1.67. The highest BCUT2D eigenvalue weighted by Gasteiger charge is 2.15. The minimum absolute atomic E-state index is 0.00549. The molecule has 0 aliphatic rings. The molecule has 0 saturated heterocycles. The van der Waals surface area contributed by atoms with Crippen LogP contribution in [-0.4, -0.2) is 16.1 Å². The van der Waals surface area contributed by atoms with E-state index >= 15 is 0 Å². The number of aromatic carboxylic acids is 1. The van der Waals surface area contributed by atoms with Crippen molar-refractivity contribution in [2.45, 2.75) is 6.61 Å². The normalized spacial score (nSPS) is 10.1. The molecule has 0 radical (unpaired) electrons. The number of halogens is 1. The Hall–Kier alpha value is -2.07. The van der Waals surface area contributed by atoms with Crippen molar-refractivity contribution in [2.24, 2.45) is 0 Å². The molecule has 0 aliphatic heterocycles. The lowest BCUT2D eigenvalue weighted by Crippen LogP contribution is -2.04. The quantitative estimate of drug-likeness (QED) is 0.862. The summed E-state index contributed by atoms with van der Waals surface area (Å²) in [7, 11) is 0. The zero-order chi connectivity index (χ0) is 13.0. The Balaban J connectivity index is 2.21. The molecule has 0 aliphatic carbocycles.